The van der Waals surface area contributed by atoms with Crippen molar-refractivity contribution in [3.8, 4) is 10.6 Å². The van der Waals surface area contributed by atoms with Gasteiger partial charge in [-0.3, -0.25) is 0 Å². The number of likely N-dealkylation sites (N-methyl/N-ethyl adjacent to an activating group) is 1. The molecule has 1 fully saturated rings. The van der Waals surface area contributed by atoms with Crippen LogP contribution in [0.25, 0.3) is 10.6 Å². The van der Waals surface area contributed by atoms with Gasteiger partial charge in [-0.15, -0.1) is 11.3 Å². The average molecular weight is 258 g/mol. The van der Waals surface area contributed by atoms with Crippen molar-refractivity contribution in [2.75, 3.05) is 13.6 Å². The van der Waals surface area contributed by atoms with Gasteiger partial charge in [0.15, 0.2) is 0 Å². The van der Waals surface area contributed by atoms with Crippen LogP contribution in [-0.4, -0.2) is 18.6 Å². The number of rotatable bonds is 4. The van der Waals surface area contributed by atoms with Gasteiger partial charge >= 0.3 is 0 Å². The lowest BCUT2D eigenvalue weighted by Gasteiger charge is -2.10. The lowest BCUT2D eigenvalue weighted by Crippen LogP contribution is -2.23. The van der Waals surface area contributed by atoms with Crippen LogP contribution in [-0.2, 0) is 5.41 Å². The highest BCUT2D eigenvalue weighted by atomic mass is 32.1. The molecule has 3 rings (SSSR count). The van der Waals surface area contributed by atoms with Crippen LogP contribution in [0.4, 0.5) is 0 Å². The van der Waals surface area contributed by atoms with Gasteiger partial charge in [0.1, 0.15) is 5.01 Å². The Balaban J connectivity index is 1.88. The van der Waals surface area contributed by atoms with Crippen LogP contribution in [0.2, 0.25) is 0 Å². The fourth-order valence-electron chi connectivity index (χ4n) is 2.36. The highest BCUT2D eigenvalue weighted by molar-refractivity contribution is 7.13. The molecule has 0 spiro atoms. The van der Waals surface area contributed by atoms with Gasteiger partial charge < -0.3 is 5.32 Å². The summed E-state index contributed by atoms with van der Waals surface area (Å²) in [4.78, 5) is 4.84. The molecule has 0 aliphatic heterocycles. The van der Waals surface area contributed by atoms with Crippen LogP contribution in [0.3, 0.4) is 0 Å². The molecular formula is C15H18N2S. The van der Waals surface area contributed by atoms with Crippen molar-refractivity contribution in [1.29, 1.82) is 0 Å². The summed E-state index contributed by atoms with van der Waals surface area (Å²) in [5.74, 6) is 0. The van der Waals surface area contributed by atoms with Gasteiger partial charge in [0.2, 0.25) is 0 Å². The topological polar surface area (TPSA) is 24.9 Å². The first kappa shape index (κ1) is 11.9. The number of thiazole rings is 1. The van der Waals surface area contributed by atoms with Crippen LogP contribution >= 0.6 is 11.3 Å². The first-order valence-electron chi connectivity index (χ1n) is 6.41. The molecule has 1 saturated carbocycles. The minimum Gasteiger partial charge on any atom is -0.319 e. The van der Waals surface area contributed by atoms with E-state index in [9.17, 15) is 0 Å². The molecular weight excluding hydrogens is 240 g/mol. The maximum Gasteiger partial charge on any atom is 0.123 e. The van der Waals surface area contributed by atoms with Crippen molar-refractivity contribution in [3.63, 3.8) is 0 Å². The van der Waals surface area contributed by atoms with E-state index in [0.29, 0.717) is 5.41 Å². The Bertz CT molecular complexity index is 538. The van der Waals surface area contributed by atoms with E-state index in [-0.39, 0.29) is 0 Å². The van der Waals surface area contributed by atoms with Crippen molar-refractivity contribution >= 4 is 11.3 Å². The summed E-state index contributed by atoms with van der Waals surface area (Å²) < 4.78 is 0. The molecule has 1 aromatic heterocycles. The Morgan fingerprint density at radius 3 is 2.61 bits per heavy atom. The molecule has 0 atom stereocenters. The summed E-state index contributed by atoms with van der Waals surface area (Å²) in [5, 5.41) is 6.67. The molecule has 18 heavy (non-hydrogen) atoms. The molecule has 1 aliphatic carbocycles. The zero-order chi connectivity index (χ0) is 12.6. The quantitative estimate of drug-likeness (QED) is 0.909. The number of nitrogens with one attached hydrogen (secondary N) is 1. The smallest absolute Gasteiger partial charge is 0.123 e. The second-order valence-corrected chi connectivity index (χ2v) is 6.07. The molecule has 1 aliphatic rings. The minimum absolute atomic E-state index is 0.328. The molecule has 0 saturated heterocycles. The first-order chi connectivity index (χ1) is 8.73. The van der Waals surface area contributed by atoms with Crippen molar-refractivity contribution in [1.82, 2.24) is 10.3 Å². The van der Waals surface area contributed by atoms with Gasteiger partial charge in [0, 0.05) is 22.9 Å². The van der Waals surface area contributed by atoms with E-state index in [1.54, 1.807) is 11.3 Å². The number of nitrogens with zero attached hydrogens (tertiary/aromatic N) is 1. The number of hydrogen-bond donors (Lipinski definition) is 1. The Labute approximate surface area is 112 Å². The first-order valence-corrected chi connectivity index (χ1v) is 7.29. The van der Waals surface area contributed by atoms with E-state index in [2.05, 4.69) is 41.9 Å². The van der Waals surface area contributed by atoms with Crippen LogP contribution in [0, 0.1) is 6.92 Å². The summed E-state index contributed by atoms with van der Waals surface area (Å²) >= 11 is 1.76. The fraction of sp³-hybridized carbons (Fsp3) is 0.400. The molecule has 0 unspecified atom stereocenters. The summed E-state index contributed by atoms with van der Waals surface area (Å²) in [7, 11) is 2.02. The SMILES string of the molecule is CNCC1(c2csc(-c3ccc(C)cc3)n2)CC1. The summed E-state index contributed by atoms with van der Waals surface area (Å²) in [6.45, 7) is 3.16. The Morgan fingerprint density at radius 1 is 1.28 bits per heavy atom. The zero-order valence-electron chi connectivity index (χ0n) is 10.9. The van der Waals surface area contributed by atoms with Gasteiger partial charge in [0.25, 0.3) is 0 Å². The molecule has 0 amide bonds. The number of aryl methyl sites for hydroxylation is 1. The molecule has 0 radical (unpaired) electrons. The van der Waals surface area contributed by atoms with Crippen molar-refractivity contribution in [2.45, 2.75) is 25.2 Å². The van der Waals surface area contributed by atoms with E-state index in [0.717, 1.165) is 11.6 Å². The molecule has 0 bridgehead atoms. The minimum atomic E-state index is 0.328. The predicted molar refractivity (Wildman–Crippen MR) is 77.1 cm³/mol. The largest absolute Gasteiger partial charge is 0.319 e. The lowest BCUT2D eigenvalue weighted by atomic mass is 10.0. The van der Waals surface area contributed by atoms with Gasteiger partial charge in [-0.1, -0.05) is 29.8 Å². The Kier molecular flexibility index (Phi) is 2.96. The van der Waals surface area contributed by atoms with Gasteiger partial charge in [-0.25, -0.2) is 4.98 Å². The zero-order valence-corrected chi connectivity index (χ0v) is 11.7. The van der Waals surface area contributed by atoms with E-state index >= 15 is 0 Å². The van der Waals surface area contributed by atoms with Crippen molar-refractivity contribution in [2.24, 2.45) is 0 Å². The molecule has 1 aromatic carbocycles. The number of hydrogen-bond acceptors (Lipinski definition) is 3. The average Bonchev–Trinajstić information content (AvgIpc) is 2.99. The van der Waals surface area contributed by atoms with E-state index in [1.165, 1.54) is 29.7 Å². The van der Waals surface area contributed by atoms with Crippen molar-refractivity contribution in [3.05, 3.63) is 40.9 Å². The highest BCUT2D eigenvalue weighted by Crippen LogP contribution is 2.48. The molecule has 1 heterocycles. The summed E-state index contributed by atoms with van der Waals surface area (Å²) in [6.07, 6.45) is 2.54. The van der Waals surface area contributed by atoms with Gasteiger partial charge in [-0.2, -0.15) is 0 Å². The van der Waals surface area contributed by atoms with Gasteiger partial charge in [-0.05, 0) is 26.8 Å². The normalized spacial score (nSPS) is 16.8. The third kappa shape index (κ3) is 2.08. The number of benzene rings is 1. The Hall–Kier alpha value is -1.19. The van der Waals surface area contributed by atoms with E-state index in [4.69, 9.17) is 4.98 Å². The monoisotopic (exact) mass is 258 g/mol. The molecule has 3 heteroatoms. The molecule has 2 aromatic rings. The summed E-state index contributed by atoms with van der Waals surface area (Å²) in [5.41, 5.74) is 4.13. The third-order valence-corrected chi connectivity index (χ3v) is 4.61. The van der Waals surface area contributed by atoms with Crippen LogP contribution < -0.4 is 5.32 Å². The Morgan fingerprint density at radius 2 is 2.00 bits per heavy atom. The fourth-order valence-corrected chi connectivity index (χ4v) is 3.31. The van der Waals surface area contributed by atoms with Gasteiger partial charge in [0.05, 0.1) is 5.69 Å². The van der Waals surface area contributed by atoms with Crippen LogP contribution in [0.1, 0.15) is 24.1 Å². The lowest BCUT2D eigenvalue weighted by molar-refractivity contribution is 0.611. The predicted octanol–water partition coefficient (Wildman–Crippen LogP) is 3.37. The standard InChI is InChI=1S/C15H18N2S/c1-11-3-5-12(6-4-11)14-17-13(9-18-14)15(7-8-15)10-16-2/h3-6,9,16H,7-8,10H2,1-2H3. The van der Waals surface area contributed by atoms with E-state index in [1.807, 2.05) is 7.05 Å². The number of aromatic nitrogens is 1. The van der Waals surface area contributed by atoms with E-state index < -0.39 is 0 Å². The van der Waals surface area contributed by atoms with Crippen LogP contribution in [0.5, 0.6) is 0 Å². The third-order valence-electron chi connectivity index (χ3n) is 3.71. The van der Waals surface area contributed by atoms with Crippen LogP contribution in [0.15, 0.2) is 29.6 Å². The highest BCUT2D eigenvalue weighted by Gasteiger charge is 2.45. The second-order valence-electron chi connectivity index (χ2n) is 5.21. The molecule has 1 N–H and O–H groups in total. The molecule has 94 valence electrons. The molecule has 2 nitrogen and oxygen atoms in total. The van der Waals surface area contributed by atoms with Crippen molar-refractivity contribution < 1.29 is 0 Å². The second kappa shape index (κ2) is 4.48. The maximum absolute atomic E-state index is 4.84. The summed E-state index contributed by atoms with van der Waals surface area (Å²) in [6, 6.07) is 8.62. The maximum atomic E-state index is 4.84.